The van der Waals surface area contributed by atoms with Crippen LogP contribution in [0.4, 0.5) is 0 Å². The van der Waals surface area contributed by atoms with Crippen molar-refractivity contribution in [1.82, 2.24) is 5.32 Å². The van der Waals surface area contributed by atoms with Gasteiger partial charge in [0.2, 0.25) is 0 Å². The van der Waals surface area contributed by atoms with Crippen molar-refractivity contribution in [2.24, 2.45) is 0 Å². The van der Waals surface area contributed by atoms with Crippen molar-refractivity contribution in [3.8, 4) is 0 Å². The van der Waals surface area contributed by atoms with Gasteiger partial charge in [-0.1, -0.05) is 13.3 Å². The molecule has 1 aliphatic carbocycles. The maximum Gasteiger partial charge on any atom is 0.0743 e. The molecule has 3 heteroatoms. The Morgan fingerprint density at radius 1 is 1.40 bits per heavy atom. The Morgan fingerprint density at radius 3 is 2.60 bits per heavy atom. The van der Waals surface area contributed by atoms with Crippen LogP contribution >= 0.6 is 0 Å². The molecule has 0 aliphatic heterocycles. The van der Waals surface area contributed by atoms with E-state index in [2.05, 4.69) is 12.2 Å². The SMILES string of the molecule is CCCC(C)(O)CNC1CC(OCC)C1. The zero-order valence-corrected chi connectivity index (χ0v) is 10.3. The van der Waals surface area contributed by atoms with Crippen LogP contribution in [-0.2, 0) is 4.74 Å². The molecule has 1 atom stereocenters. The molecule has 0 aromatic carbocycles. The van der Waals surface area contributed by atoms with Gasteiger partial charge in [0.25, 0.3) is 0 Å². The smallest absolute Gasteiger partial charge is 0.0743 e. The van der Waals surface area contributed by atoms with Gasteiger partial charge in [0.15, 0.2) is 0 Å². The van der Waals surface area contributed by atoms with Crippen molar-refractivity contribution < 1.29 is 9.84 Å². The highest BCUT2D eigenvalue weighted by atomic mass is 16.5. The summed E-state index contributed by atoms with van der Waals surface area (Å²) in [5, 5.41) is 13.4. The van der Waals surface area contributed by atoms with Crippen molar-refractivity contribution >= 4 is 0 Å². The third-order valence-corrected chi connectivity index (χ3v) is 3.06. The Morgan fingerprint density at radius 2 is 2.07 bits per heavy atom. The van der Waals surface area contributed by atoms with Gasteiger partial charge in [0.1, 0.15) is 0 Å². The van der Waals surface area contributed by atoms with Gasteiger partial charge in [-0.05, 0) is 33.1 Å². The normalized spacial score (nSPS) is 29.6. The molecule has 0 bridgehead atoms. The first-order valence-electron chi connectivity index (χ1n) is 6.14. The standard InChI is InChI=1S/C12H25NO2/c1-4-6-12(3,14)9-13-10-7-11(8-10)15-5-2/h10-11,13-14H,4-9H2,1-3H3. The van der Waals surface area contributed by atoms with E-state index in [1.807, 2.05) is 13.8 Å². The molecule has 1 aliphatic rings. The van der Waals surface area contributed by atoms with Crippen molar-refractivity contribution in [3.63, 3.8) is 0 Å². The van der Waals surface area contributed by atoms with Gasteiger partial charge in [0, 0.05) is 19.2 Å². The number of ether oxygens (including phenoxy) is 1. The molecule has 1 rings (SSSR count). The van der Waals surface area contributed by atoms with Crippen LogP contribution < -0.4 is 5.32 Å². The highest BCUT2D eigenvalue weighted by Crippen LogP contribution is 2.23. The minimum absolute atomic E-state index is 0.448. The largest absolute Gasteiger partial charge is 0.389 e. The third-order valence-electron chi connectivity index (χ3n) is 3.06. The fraction of sp³-hybridized carbons (Fsp3) is 1.00. The van der Waals surface area contributed by atoms with Gasteiger partial charge in [-0.15, -0.1) is 0 Å². The van der Waals surface area contributed by atoms with Crippen LogP contribution in [0.15, 0.2) is 0 Å². The van der Waals surface area contributed by atoms with Crippen molar-refractivity contribution in [3.05, 3.63) is 0 Å². The van der Waals surface area contributed by atoms with E-state index in [1.54, 1.807) is 0 Å². The van der Waals surface area contributed by atoms with Crippen molar-refractivity contribution in [1.29, 1.82) is 0 Å². The lowest BCUT2D eigenvalue weighted by Gasteiger charge is -2.37. The fourth-order valence-electron chi connectivity index (χ4n) is 2.10. The van der Waals surface area contributed by atoms with Gasteiger partial charge in [-0.25, -0.2) is 0 Å². The van der Waals surface area contributed by atoms with Crippen LogP contribution in [0.5, 0.6) is 0 Å². The second-order valence-electron chi connectivity index (χ2n) is 4.87. The second-order valence-corrected chi connectivity index (χ2v) is 4.87. The molecule has 2 N–H and O–H groups in total. The number of hydrogen-bond acceptors (Lipinski definition) is 3. The average molecular weight is 215 g/mol. The molecule has 1 saturated carbocycles. The number of hydrogen-bond donors (Lipinski definition) is 2. The molecule has 0 saturated heterocycles. The first kappa shape index (κ1) is 12.9. The molecule has 0 amide bonds. The lowest BCUT2D eigenvalue weighted by molar-refractivity contribution is -0.0195. The Balaban J connectivity index is 2.07. The molecule has 1 unspecified atom stereocenters. The van der Waals surface area contributed by atoms with E-state index in [4.69, 9.17) is 4.74 Å². The Labute approximate surface area is 93.2 Å². The summed E-state index contributed by atoms with van der Waals surface area (Å²) >= 11 is 0. The summed E-state index contributed by atoms with van der Waals surface area (Å²) in [6.45, 7) is 7.55. The Bertz CT molecular complexity index is 176. The minimum Gasteiger partial charge on any atom is -0.389 e. The lowest BCUT2D eigenvalue weighted by atomic mass is 9.88. The van der Waals surface area contributed by atoms with Crippen LogP contribution in [0, 0.1) is 0 Å². The first-order chi connectivity index (χ1) is 7.07. The summed E-state index contributed by atoms with van der Waals surface area (Å²) in [6, 6.07) is 0.546. The van der Waals surface area contributed by atoms with E-state index < -0.39 is 5.60 Å². The van der Waals surface area contributed by atoms with E-state index in [0.29, 0.717) is 18.7 Å². The van der Waals surface area contributed by atoms with Crippen LogP contribution in [0.1, 0.15) is 46.5 Å². The van der Waals surface area contributed by atoms with Gasteiger partial charge < -0.3 is 15.2 Å². The maximum absolute atomic E-state index is 9.96. The Kier molecular flexibility index (Phi) is 5.03. The van der Waals surface area contributed by atoms with Crippen molar-refractivity contribution in [2.75, 3.05) is 13.2 Å². The maximum atomic E-state index is 9.96. The lowest BCUT2D eigenvalue weighted by Crippen LogP contribution is -2.50. The molecular formula is C12H25NO2. The summed E-state index contributed by atoms with van der Waals surface area (Å²) < 4.78 is 5.48. The molecule has 3 nitrogen and oxygen atoms in total. The average Bonchev–Trinajstić information content (AvgIpc) is 2.08. The van der Waals surface area contributed by atoms with E-state index >= 15 is 0 Å². The summed E-state index contributed by atoms with van der Waals surface area (Å²) in [5.74, 6) is 0. The van der Waals surface area contributed by atoms with Gasteiger partial charge in [-0.3, -0.25) is 0 Å². The predicted molar refractivity (Wildman–Crippen MR) is 62.0 cm³/mol. The van der Waals surface area contributed by atoms with Gasteiger partial charge in [0.05, 0.1) is 11.7 Å². The summed E-state index contributed by atoms with van der Waals surface area (Å²) in [6.07, 6.45) is 4.53. The molecule has 15 heavy (non-hydrogen) atoms. The molecular weight excluding hydrogens is 190 g/mol. The fourth-order valence-corrected chi connectivity index (χ4v) is 2.10. The molecule has 0 aromatic rings. The molecule has 1 fully saturated rings. The first-order valence-corrected chi connectivity index (χ1v) is 6.14. The topological polar surface area (TPSA) is 41.5 Å². The van der Waals surface area contributed by atoms with E-state index in [1.165, 1.54) is 0 Å². The number of aliphatic hydroxyl groups is 1. The highest BCUT2D eigenvalue weighted by molar-refractivity contribution is 4.88. The molecule has 0 aromatic heterocycles. The van der Waals surface area contributed by atoms with Crippen LogP contribution in [0.2, 0.25) is 0 Å². The zero-order chi connectivity index (χ0) is 11.3. The van der Waals surface area contributed by atoms with E-state index in [0.717, 1.165) is 32.3 Å². The Hall–Kier alpha value is -0.120. The number of rotatable bonds is 7. The quantitative estimate of drug-likeness (QED) is 0.679. The van der Waals surface area contributed by atoms with Crippen LogP contribution in [0.25, 0.3) is 0 Å². The molecule has 0 radical (unpaired) electrons. The van der Waals surface area contributed by atoms with E-state index in [9.17, 15) is 5.11 Å². The number of nitrogens with one attached hydrogen (secondary N) is 1. The molecule has 90 valence electrons. The van der Waals surface area contributed by atoms with Crippen molar-refractivity contribution in [2.45, 2.75) is 64.2 Å². The summed E-state index contributed by atoms with van der Waals surface area (Å²) in [4.78, 5) is 0. The van der Waals surface area contributed by atoms with Crippen LogP contribution in [0.3, 0.4) is 0 Å². The predicted octanol–water partition coefficient (Wildman–Crippen LogP) is 1.69. The van der Waals surface area contributed by atoms with Crippen LogP contribution in [-0.4, -0.2) is 36.0 Å². The second kappa shape index (κ2) is 5.83. The third kappa shape index (κ3) is 4.49. The monoisotopic (exact) mass is 215 g/mol. The highest BCUT2D eigenvalue weighted by Gasteiger charge is 2.30. The summed E-state index contributed by atoms with van der Waals surface area (Å²) in [7, 11) is 0. The van der Waals surface area contributed by atoms with Gasteiger partial charge in [-0.2, -0.15) is 0 Å². The molecule has 0 heterocycles. The molecule has 0 spiro atoms. The zero-order valence-electron chi connectivity index (χ0n) is 10.3. The summed E-state index contributed by atoms with van der Waals surface area (Å²) in [5.41, 5.74) is -0.550. The van der Waals surface area contributed by atoms with Gasteiger partial charge >= 0.3 is 0 Å². The minimum atomic E-state index is -0.550. The van der Waals surface area contributed by atoms with E-state index in [-0.39, 0.29) is 0 Å².